The highest BCUT2D eigenvalue weighted by molar-refractivity contribution is 9.10. The molecule has 6 heteroatoms. The van der Waals surface area contributed by atoms with Gasteiger partial charge in [-0.05, 0) is 65.3 Å². The number of carbonyl (C=O) groups excluding carboxylic acids is 1. The lowest BCUT2D eigenvalue weighted by Crippen LogP contribution is -1.99. The molecule has 0 atom stereocenters. The summed E-state index contributed by atoms with van der Waals surface area (Å²) in [6, 6.07) is 12.9. The molecule has 2 heterocycles. The number of nitrogens with zero attached hydrogens (tertiary/aromatic N) is 2. The van der Waals surface area contributed by atoms with Crippen molar-refractivity contribution >= 4 is 27.8 Å². The second-order valence-corrected chi connectivity index (χ2v) is 6.13. The van der Waals surface area contributed by atoms with Crippen LogP contribution < -0.4 is 4.74 Å². The standard InChI is InChI=1S/C19H17BrN2O3/c1-2-22-12-11-17(21-22)18(23)10-9-14-7-8-15(25-14)13-24-19-6-4-3-5-16(19)20/h3-12H,2,13H2,1H3/b10-9+. The van der Waals surface area contributed by atoms with Gasteiger partial charge in [0, 0.05) is 12.7 Å². The number of benzene rings is 1. The predicted molar refractivity (Wildman–Crippen MR) is 98.4 cm³/mol. The summed E-state index contributed by atoms with van der Waals surface area (Å²) in [6.07, 6.45) is 4.87. The summed E-state index contributed by atoms with van der Waals surface area (Å²) in [5.74, 6) is 1.86. The minimum Gasteiger partial charge on any atom is -0.484 e. The highest BCUT2D eigenvalue weighted by Gasteiger charge is 2.07. The molecule has 0 aliphatic heterocycles. The number of allylic oxidation sites excluding steroid dienone is 1. The van der Waals surface area contributed by atoms with Crippen molar-refractivity contribution in [3.05, 3.63) is 76.4 Å². The largest absolute Gasteiger partial charge is 0.484 e. The number of hydrogen-bond acceptors (Lipinski definition) is 4. The van der Waals surface area contributed by atoms with E-state index in [1.165, 1.54) is 6.08 Å². The molecule has 0 amide bonds. The van der Waals surface area contributed by atoms with Crippen molar-refractivity contribution in [2.24, 2.45) is 0 Å². The number of hydrogen-bond donors (Lipinski definition) is 0. The Morgan fingerprint density at radius 1 is 1.28 bits per heavy atom. The molecule has 0 aliphatic carbocycles. The average molecular weight is 401 g/mol. The van der Waals surface area contributed by atoms with Crippen LogP contribution in [0.3, 0.4) is 0 Å². The normalized spacial score (nSPS) is 11.1. The molecule has 0 aliphatic rings. The predicted octanol–water partition coefficient (Wildman–Crippen LogP) is 4.73. The average Bonchev–Trinajstić information content (AvgIpc) is 3.28. The summed E-state index contributed by atoms with van der Waals surface area (Å²) in [5, 5.41) is 4.18. The molecular weight excluding hydrogens is 384 g/mol. The molecule has 0 spiro atoms. The van der Waals surface area contributed by atoms with Crippen molar-refractivity contribution < 1.29 is 13.9 Å². The minimum atomic E-state index is -0.158. The fraction of sp³-hybridized carbons (Fsp3) is 0.158. The van der Waals surface area contributed by atoms with Crippen molar-refractivity contribution in [1.29, 1.82) is 0 Å². The van der Waals surface area contributed by atoms with E-state index in [0.717, 1.165) is 16.8 Å². The molecular formula is C19H17BrN2O3. The van der Waals surface area contributed by atoms with E-state index in [9.17, 15) is 4.79 Å². The molecule has 0 unspecified atom stereocenters. The molecule has 3 rings (SSSR count). The molecule has 2 aromatic heterocycles. The summed E-state index contributed by atoms with van der Waals surface area (Å²) in [6.45, 7) is 3.01. The Bertz CT molecular complexity index is 895. The van der Waals surface area contributed by atoms with E-state index in [1.54, 1.807) is 29.1 Å². The Morgan fingerprint density at radius 3 is 2.88 bits per heavy atom. The van der Waals surface area contributed by atoms with Crippen LogP contribution in [0.5, 0.6) is 5.75 Å². The van der Waals surface area contributed by atoms with E-state index in [1.807, 2.05) is 37.3 Å². The van der Waals surface area contributed by atoms with E-state index >= 15 is 0 Å². The highest BCUT2D eigenvalue weighted by Crippen LogP contribution is 2.25. The van der Waals surface area contributed by atoms with E-state index < -0.39 is 0 Å². The lowest BCUT2D eigenvalue weighted by Gasteiger charge is -2.05. The second kappa shape index (κ2) is 7.98. The van der Waals surface area contributed by atoms with Gasteiger partial charge >= 0.3 is 0 Å². The lowest BCUT2D eigenvalue weighted by molar-refractivity contribution is 0.104. The Kier molecular flexibility index (Phi) is 5.50. The topological polar surface area (TPSA) is 57.3 Å². The summed E-state index contributed by atoms with van der Waals surface area (Å²) < 4.78 is 14.0. The number of aryl methyl sites for hydroxylation is 1. The highest BCUT2D eigenvalue weighted by atomic mass is 79.9. The maximum Gasteiger partial charge on any atom is 0.206 e. The Morgan fingerprint density at radius 2 is 2.12 bits per heavy atom. The van der Waals surface area contributed by atoms with Crippen LogP contribution in [-0.4, -0.2) is 15.6 Å². The zero-order chi connectivity index (χ0) is 17.6. The fourth-order valence-corrected chi connectivity index (χ4v) is 2.58. The monoisotopic (exact) mass is 400 g/mol. The van der Waals surface area contributed by atoms with Gasteiger partial charge in [-0.1, -0.05) is 12.1 Å². The van der Waals surface area contributed by atoms with E-state index in [0.29, 0.717) is 23.8 Å². The van der Waals surface area contributed by atoms with Crippen molar-refractivity contribution in [3.63, 3.8) is 0 Å². The van der Waals surface area contributed by atoms with Gasteiger partial charge < -0.3 is 9.15 Å². The van der Waals surface area contributed by atoms with Crippen LogP contribution in [0.1, 0.15) is 28.9 Å². The third kappa shape index (κ3) is 4.48. The number of carbonyl (C=O) groups is 1. The smallest absolute Gasteiger partial charge is 0.206 e. The third-order valence-electron chi connectivity index (χ3n) is 3.51. The number of rotatable bonds is 7. The first-order valence-electron chi connectivity index (χ1n) is 7.87. The molecule has 5 nitrogen and oxygen atoms in total. The third-order valence-corrected chi connectivity index (χ3v) is 4.16. The van der Waals surface area contributed by atoms with Gasteiger partial charge in [-0.2, -0.15) is 5.10 Å². The first-order valence-corrected chi connectivity index (χ1v) is 8.67. The van der Waals surface area contributed by atoms with Crippen LogP contribution in [0.2, 0.25) is 0 Å². The quantitative estimate of drug-likeness (QED) is 0.424. The molecule has 25 heavy (non-hydrogen) atoms. The van der Waals surface area contributed by atoms with E-state index in [4.69, 9.17) is 9.15 Å². The summed E-state index contributed by atoms with van der Waals surface area (Å²) >= 11 is 3.43. The number of furan rings is 1. The van der Waals surface area contributed by atoms with Gasteiger partial charge in [0.25, 0.3) is 0 Å². The summed E-state index contributed by atoms with van der Waals surface area (Å²) in [4.78, 5) is 12.1. The first-order chi connectivity index (χ1) is 12.2. The molecule has 0 N–H and O–H groups in total. The van der Waals surface area contributed by atoms with Crippen LogP contribution >= 0.6 is 15.9 Å². The van der Waals surface area contributed by atoms with Gasteiger partial charge in [0.05, 0.1) is 4.47 Å². The number of ketones is 1. The van der Waals surface area contributed by atoms with Gasteiger partial charge in [-0.3, -0.25) is 9.48 Å². The minimum absolute atomic E-state index is 0.158. The van der Waals surface area contributed by atoms with Gasteiger partial charge in [0.15, 0.2) is 0 Å². The maximum absolute atomic E-state index is 12.1. The SMILES string of the molecule is CCn1ccc(C(=O)/C=C/c2ccc(COc3ccccc3Br)o2)n1. The Balaban J connectivity index is 1.59. The number of ether oxygens (including phenoxy) is 1. The summed E-state index contributed by atoms with van der Waals surface area (Å²) in [5.41, 5.74) is 0.419. The molecule has 0 saturated carbocycles. The van der Waals surface area contributed by atoms with Crippen LogP contribution in [0.4, 0.5) is 0 Å². The first kappa shape index (κ1) is 17.2. The number of para-hydroxylation sites is 1. The lowest BCUT2D eigenvalue weighted by atomic mass is 10.2. The van der Waals surface area contributed by atoms with Crippen LogP contribution in [-0.2, 0) is 13.2 Å². The molecule has 3 aromatic rings. The number of halogens is 1. The number of aromatic nitrogens is 2. The van der Waals surface area contributed by atoms with Gasteiger partial charge in [-0.15, -0.1) is 0 Å². The van der Waals surface area contributed by atoms with E-state index in [2.05, 4.69) is 21.0 Å². The van der Waals surface area contributed by atoms with Crippen LogP contribution in [0, 0.1) is 0 Å². The molecule has 0 radical (unpaired) electrons. The van der Waals surface area contributed by atoms with Crippen molar-refractivity contribution in [2.45, 2.75) is 20.1 Å². The van der Waals surface area contributed by atoms with Crippen molar-refractivity contribution in [3.8, 4) is 5.75 Å². The zero-order valence-electron chi connectivity index (χ0n) is 13.7. The fourth-order valence-electron chi connectivity index (χ4n) is 2.18. The van der Waals surface area contributed by atoms with Crippen LogP contribution in [0.25, 0.3) is 6.08 Å². The Labute approximate surface area is 154 Å². The molecule has 0 saturated heterocycles. The molecule has 128 valence electrons. The molecule has 0 fully saturated rings. The van der Waals surface area contributed by atoms with Gasteiger partial charge in [0.2, 0.25) is 5.78 Å². The second-order valence-electron chi connectivity index (χ2n) is 5.28. The zero-order valence-corrected chi connectivity index (χ0v) is 15.3. The Hall–Kier alpha value is -2.60. The molecule has 0 bridgehead atoms. The van der Waals surface area contributed by atoms with Gasteiger partial charge in [-0.25, -0.2) is 0 Å². The van der Waals surface area contributed by atoms with E-state index in [-0.39, 0.29) is 5.78 Å². The van der Waals surface area contributed by atoms with Crippen molar-refractivity contribution in [2.75, 3.05) is 0 Å². The van der Waals surface area contributed by atoms with Gasteiger partial charge in [0.1, 0.15) is 29.6 Å². The maximum atomic E-state index is 12.1. The summed E-state index contributed by atoms with van der Waals surface area (Å²) in [7, 11) is 0. The van der Waals surface area contributed by atoms with Crippen molar-refractivity contribution in [1.82, 2.24) is 9.78 Å². The van der Waals surface area contributed by atoms with Crippen LogP contribution in [0.15, 0.2) is 63.6 Å². The molecule has 1 aromatic carbocycles.